The van der Waals surface area contributed by atoms with E-state index in [0.29, 0.717) is 17.1 Å². The lowest BCUT2D eigenvalue weighted by molar-refractivity contribution is -0.118. The van der Waals surface area contributed by atoms with E-state index in [1.165, 1.54) is 0 Å². The molecule has 0 radical (unpaired) electrons. The second-order valence-corrected chi connectivity index (χ2v) is 7.66. The third-order valence-electron chi connectivity index (χ3n) is 4.40. The van der Waals surface area contributed by atoms with Gasteiger partial charge in [-0.05, 0) is 53.0 Å². The quantitative estimate of drug-likeness (QED) is 0.564. The predicted molar refractivity (Wildman–Crippen MR) is 113 cm³/mol. The maximum Gasteiger partial charge on any atom is 0.262 e. The summed E-state index contributed by atoms with van der Waals surface area (Å²) >= 11 is 3.37. The number of para-hydroxylation sites is 2. The summed E-state index contributed by atoms with van der Waals surface area (Å²) in [6, 6.07) is 14.4. The number of rotatable bonds is 7. The first-order valence-corrected chi connectivity index (χ1v) is 10.0. The number of amides is 2. The van der Waals surface area contributed by atoms with Crippen LogP contribution in [0.2, 0.25) is 0 Å². The Morgan fingerprint density at radius 3 is 2.72 bits per heavy atom. The van der Waals surface area contributed by atoms with Gasteiger partial charge in [-0.2, -0.15) is 5.10 Å². The number of hydrogen-bond acceptors (Lipinski definition) is 4. The van der Waals surface area contributed by atoms with Crippen LogP contribution in [0.1, 0.15) is 12.8 Å². The number of anilines is 2. The average molecular weight is 455 g/mol. The fourth-order valence-electron chi connectivity index (χ4n) is 2.80. The van der Waals surface area contributed by atoms with Crippen molar-refractivity contribution in [2.45, 2.75) is 12.8 Å². The molecule has 0 saturated heterocycles. The maximum atomic E-state index is 12.4. The molecule has 3 aromatic rings. The molecule has 1 aromatic heterocycles. The first kappa shape index (κ1) is 19.2. The van der Waals surface area contributed by atoms with Crippen LogP contribution in [0.4, 0.5) is 11.4 Å². The topological polar surface area (TPSA) is 85.2 Å². The number of nitrogens with one attached hydrogen (secondary N) is 2. The fourth-order valence-corrected chi connectivity index (χ4v) is 3.09. The van der Waals surface area contributed by atoms with Crippen LogP contribution in [-0.2, 0) is 9.59 Å². The molecular formula is C21H19BrN4O3. The fraction of sp³-hybridized carbons (Fsp3) is 0.190. The van der Waals surface area contributed by atoms with E-state index >= 15 is 0 Å². The predicted octanol–water partition coefficient (Wildman–Crippen LogP) is 4.00. The van der Waals surface area contributed by atoms with Crippen molar-refractivity contribution in [1.82, 2.24) is 9.78 Å². The molecule has 0 unspecified atom stereocenters. The Labute approximate surface area is 176 Å². The van der Waals surface area contributed by atoms with Crippen LogP contribution >= 0.6 is 15.9 Å². The first-order valence-electron chi connectivity index (χ1n) is 9.21. The molecule has 0 atom stereocenters. The third kappa shape index (κ3) is 5.03. The van der Waals surface area contributed by atoms with Crippen molar-refractivity contribution in [2.75, 3.05) is 17.2 Å². The standard InChI is InChI=1S/C21H19BrN4O3/c22-15-11-23-26(12-15)19-7-2-1-6-18(19)25-20(27)13-29-17-5-3-4-16(10-17)24-21(28)14-8-9-14/h1-7,10-12,14H,8-9,13H2,(H,24,28)(H,25,27). The van der Waals surface area contributed by atoms with Crippen LogP contribution in [0, 0.1) is 5.92 Å². The Balaban J connectivity index is 1.37. The lowest BCUT2D eigenvalue weighted by Gasteiger charge is -2.12. The maximum absolute atomic E-state index is 12.4. The number of nitrogens with zero attached hydrogens (tertiary/aromatic N) is 2. The number of benzene rings is 2. The SMILES string of the molecule is O=C(COc1cccc(NC(=O)C2CC2)c1)Nc1ccccc1-n1cc(Br)cn1. The van der Waals surface area contributed by atoms with E-state index in [1.54, 1.807) is 41.2 Å². The van der Waals surface area contributed by atoms with Gasteiger partial charge in [0.25, 0.3) is 5.91 Å². The summed E-state index contributed by atoms with van der Waals surface area (Å²) in [5, 5.41) is 9.97. The number of halogens is 1. The number of ether oxygens (including phenoxy) is 1. The van der Waals surface area contributed by atoms with Crippen LogP contribution in [-0.4, -0.2) is 28.2 Å². The van der Waals surface area contributed by atoms with Gasteiger partial charge >= 0.3 is 0 Å². The summed E-state index contributed by atoms with van der Waals surface area (Å²) in [4.78, 5) is 24.3. The van der Waals surface area contributed by atoms with Crippen LogP contribution < -0.4 is 15.4 Å². The molecule has 1 aliphatic rings. The summed E-state index contributed by atoms with van der Waals surface area (Å²) in [5.41, 5.74) is 2.04. The van der Waals surface area contributed by atoms with E-state index in [4.69, 9.17) is 4.74 Å². The first-order chi connectivity index (χ1) is 14.1. The molecule has 4 rings (SSSR count). The molecule has 1 saturated carbocycles. The van der Waals surface area contributed by atoms with Gasteiger partial charge in [0.2, 0.25) is 5.91 Å². The molecule has 0 aliphatic heterocycles. The van der Waals surface area contributed by atoms with Crippen molar-refractivity contribution in [2.24, 2.45) is 5.92 Å². The highest BCUT2D eigenvalue weighted by Crippen LogP contribution is 2.30. The minimum Gasteiger partial charge on any atom is -0.484 e. The second kappa shape index (κ2) is 8.48. The Morgan fingerprint density at radius 2 is 1.97 bits per heavy atom. The Kier molecular flexibility index (Phi) is 5.62. The largest absolute Gasteiger partial charge is 0.484 e. The number of carbonyl (C=O) groups is 2. The zero-order chi connectivity index (χ0) is 20.2. The van der Waals surface area contributed by atoms with E-state index in [9.17, 15) is 9.59 Å². The van der Waals surface area contributed by atoms with Gasteiger partial charge in [0.1, 0.15) is 5.75 Å². The van der Waals surface area contributed by atoms with Gasteiger partial charge in [-0.3, -0.25) is 9.59 Å². The summed E-state index contributed by atoms with van der Waals surface area (Å²) in [6.07, 6.45) is 5.37. The lowest BCUT2D eigenvalue weighted by Crippen LogP contribution is -2.21. The van der Waals surface area contributed by atoms with Gasteiger partial charge in [0, 0.05) is 23.9 Å². The molecule has 2 amide bonds. The summed E-state index contributed by atoms with van der Waals surface area (Å²) in [7, 11) is 0. The molecule has 1 fully saturated rings. The molecule has 2 aromatic carbocycles. The Hall–Kier alpha value is -3.13. The lowest BCUT2D eigenvalue weighted by atomic mass is 10.2. The van der Waals surface area contributed by atoms with Crippen LogP contribution in [0.3, 0.4) is 0 Å². The van der Waals surface area contributed by atoms with E-state index in [0.717, 1.165) is 23.0 Å². The molecule has 1 heterocycles. The van der Waals surface area contributed by atoms with Crippen LogP contribution in [0.25, 0.3) is 5.69 Å². The van der Waals surface area contributed by atoms with Crippen molar-refractivity contribution < 1.29 is 14.3 Å². The zero-order valence-corrected chi connectivity index (χ0v) is 17.1. The van der Waals surface area contributed by atoms with Gasteiger partial charge in [-0.15, -0.1) is 0 Å². The van der Waals surface area contributed by atoms with Gasteiger partial charge in [-0.25, -0.2) is 4.68 Å². The van der Waals surface area contributed by atoms with E-state index in [-0.39, 0.29) is 24.3 Å². The van der Waals surface area contributed by atoms with Gasteiger partial charge in [0.15, 0.2) is 6.61 Å². The monoisotopic (exact) mass is 454 g/mol. The molecule has 2 N–H and O–H groups in total. The molecule has 0 spiro atoms. The number of hydrogen-bond donors (Lipinski definition) is 2. The smallest absolute Gasteiger partial charge is 0.262 e. The van der Waals surface area contributed by atoms with E-state index in [2.05, 4.69) is 31.7 Å². The molecular weight excluding hydrogens is 436 g/mol. The normalized spacial score (nSPS) is 13.0. The van der Waals surface area contributed by atoms with Crippen LogP contribution in [0.5, 0.6) is 5.75 Å². The second-order valence-electron chi connectivity index (χ2n) is 6.75. The van der Waals surface area contributed by atoms with Crippen molar-refractivity contribution in [3.05, 3.63) is 65.4 Å². The molecule has 0 bridgehead atoms. The highest BCUT2D eigenvalue weighted by Gasteiger charge is 2.29. The minimum atomic E-state index is -0.295. The van der Waals surface area contributed by atoms with E-state index in [1.807, 2.05) is 24.4 Å². The Bertz CT molecular complexity index is 1050. The molecule has 8 heteroatoms. The molecule has 148 valence electrons. The van der Waals surface area contributed by atoms with Gasteiger partial charge in [-0.1, -0.05) is 18.2 Å². The number of carbonyl (C=O) groups excluding carboxylic acids is 2. The molecule has 29 heavy (non-hydrogen) atoms. The molecule has 7 nitrogen and oxygen atoms in total. The average Bonchev–Trinajstić information content (AvgIpc) is 3.48. The van der Waals surface area contributed by atoms with Gasteiger partial charge in [0.05, 0.1) is 22.0 Å². The zero-order valence-electron chi connectivity index (χ0n) is 15.5. The van der Waals surface area contributed by atoms with Crippen molar-refractivity contribution in [1.29, 1.82) is 0 Å². The van der Waals surface area contributed by atoms with Gasteiger partial charge < -0.3 is 15.4 Å². The Morgan fingerprint density at radius 1 is 1.14 bits per heavy atom. The summed E-state index contributed by atoms with van der Waals surface area (Å²) < 4.78 is 8.11. The summed E-state index contributed by atoms with van der Waals surface area (Å²) in [6.45, 7) is -0.156. The molecule has 1 aliphatic carbocycles. The van der Waals surface area contributed by atoms with Crippen LogP contribution in [0.15, 0.2) is 65.4 Å². The minimum absolute atomic E-state index is 0.0294. The van der Waals surface area contributed by atoms with Crippen molar-refractivity contribution in [3.8, 4) is 11.4 Å². The van der Waals surface area contributed by atoms with E-state index < -0.39 is 0 Å². The number of aromatic nitrogens is 2. The summed E-state index contributed by atoms with van der Waals surface area (Å²) in [5.74, 6) is 0.372. The highest BCUT2D eigenvalue weighted by molar-refractivity contribution is 9.10. The van der Waals surface area contributed by atoms with Crippen molar-refractivity contribution in [3.63, 3.8) is 0 Å². The third-order valence-corrected chi connectivity index (χ3v) is 4.81. The highest BCUT2D eigenvalue weighted by atomic mass is 79.9. The van der Waals surface area contributed by atoms with Crippen molar-refractivity contribution >= 4 is 39.1 Å².